The molecule has 1 heterocycles. The van der Waals surface area contributed by atoms with Crippen molar-refractivity contribution < 1.29 is 13.9 Å². The standard InChI is InChI=1S/C18H14FN3O2/c1-23-16-7-14-15(8-17(16)24-2)21-10-11(9-20)18(14)22-13-5-3-12(19)4-6-13/h3-8,10H,1-2H3,(H,21,22). The lowest BCUT2D eigenvalue weighted by atomic mass is 10.1. The fraction of sp³-hybridized carbons (Fsp3) is 0.111. The molecule has 3 rings (SSSR count). The van der Waals surface area contributed by atoms with Crippen LogP contribution in [0.2, 0.25) is 0 Å². The van der Waals surface area contributed by atoms with E-state index in [2.05, 4.69) is 16.4 Å². The summed E-state index contributed by atoms with van der Waals surface area (Å²) in [7, 11) is 3.09. The molecule has 6 heteroatoms. The van der Waals surface area contributed by atoms with E-state index in [0.29, 0.717) is 39.3 Å². The van der Waals surface area contributed by atoms with Gasteiger partial charge in [-0.05, 0) is 30.3 Å². The van der Waals surface area contributed by atoms with E-state index in [1.165, 1.54) is 18.3 Å². The third-order valence-electron chi connectivity index (χ3n) is 3.61. The van der Waals surface area contributed by atoms with Crippen molar-refractivity contribution in [1.29, 1.82) is 5.26 Å². The van der Waals surface area contributed by atoms with Gasteiger partial charge in [0.25, 0.3) is 0 Å². The van der Waals surface area contributed by atoms with Gasteiger partial charge in [-0.2, -0.15) is 5.26 Å². The Morgan fingerprint density at radius 1 is 1.08 bits per heavy atom. The summed E-state index contributed by atoms with van der Waals surface area (Å²) in [5.41, 5.74) is 2.26. The molecule has 0 aliphatic rings. The topological polar surface area (TPSA) is 67.2 Å². The molecule has 2 aromatic carbocycles. The van der Waals surface area contributed by atoms with Crippen molar-refractivity contribution in [2.45, 2.75) is 0 Å². The first-order chi connectivity index (χ1) is 11.7. The largest absolute Gasteiger partial charge is 0.493 e. The number of anilines is 2. The van der Waals surface area contributed by atoms with E-state index >= 15 is 0 Å². The van der Waals surface area contributed by atoms with Crippen molar-refractivity contribution in [3.8, 4) is 17.6 Å². The van der Waals surface area contributed by atoms with E-state index in [9.17, 15) is 9.65 Å². The van der Waals surface area contributed by atoms with Crippen molar-refractivity contribution >= 4 is 22.3 Å². The van der Waals surface area contributed by atoms with Crippen LogP contribution in [-0.2, 0) is 0 Å². The molecule has 0 spiro atoms. The van der Waals surface area contributed by atoms with Crippen LogP contribution in [0.1, 0.15) is 5.56 Å². The molecule has 0 unspecified atom stereocenters. The van der Waals surface area contributed by atoms with Crippen molar-refractivity contribution in [2.24, 2.45) is 0 Å². The van der Waals surface area contributed by atoms with Gasteiger partial charge in [0.05, 0.1) is 31.0 Å². The maximum atomic E-state index is 13.1. The molecule has 0 radical (unpaired) electrons. The Hall–Kier alpha value is -3.33. The summed E-state index contributed by atoms with van der Waals surface area (Å²) in [5, 5.41) is 13.2. The number of benzene rings is 2. The van der Waals surface area contributed by atoms with Crippen LogP contribution in [0.4, 0.5) is 15.8 Å². The average molecular weight is 323 g/mol. The average Bonchev–Trinajstić information content (AvgIpc) is 2.62. The molecular weight excluding hydrogens is 309 g/mol. The number of ether oxygens (including phenoxy) is 2. The van der Waals surface area contributed by atoms with E-state index in [1.54, 1.807) is 38.5 Å². The van der Waals surface area contributed by atoms with Gasteiger partial charge in [0, 0.05) is 23.3 Å². The molecule has 0 aliphatic carbocycles. The fourth-order valence-electron chi connectivity index (χ4n) is 2.42. The van der Waals surface area contributed by atoms with Gasteiger partial charge in [-0.25, -0.2) is 4.39 Å². The molecule has 0 aliphatic heterocycles. The third-order valence-corrected chi connectivity index (χ3v) is 3.61. The number of pyridine rings is 1. The molecule has 0 amide bonds. The number of rotatable bonds is 4. The molecule has 3 aromatic rings. The maximum Gasteiger partial charge on any atom is 0.162 e. The molecule has 1 aromatic heterocycles. The molecule has 0 atom stereocenters. The second kappa shape index (κ2) is 6.42. The Morgan fingerprint density at radius 3 is 2.38 bits per heavy atom. The highest BCUT2D eigenvalue weighted by Crippen LogP contribution is 2.36. The zero-order valence-electron chi connectivity index (χ0n) is 13.1. The van der Waals surface area contributed by atoms with Crippen molar-refractivity contribution in [3.05, 3.63) is 54.0 Å². The van der Waals surface area contributed by atoms with Crippen LogP contribution in [-0.4, -0.2) is 19.2 Å². The first kappa shape index (κ1) is 15.6. The number of hydrogen-bond donors (Lipinski definition) is 1. The number of nitrogens with zero attached hydrogens (tertiary/aromatic N) is 2. The zero-order valence-corrected chi connectivity index (χ0v) is 13.1. The minimum Gasteiger partial charge on any atom is -0.493 e. The van der Waals surface area contributed by atoms with Crippen molar-refractivity contribution in [2.75, 3.05) is 19.5 Å². The van der Waals surface area contributed by atoms with Gasteiger partial charge in [0.1, 0.15) is 11.9 Å². The Labute approximate surface area is 138 Å². The SMILES string of the molecule is COc1cc2ncc(C#N)c(Nc3ccc(F)cc3)c2cc1OC. The van der Waals surface area contributed by atoms with Crippen molar-refractivity contribution in [3.63, 3.8) is 0 Å². The quantitative estimate of drug-likeness (QED) is 0.786. The molecule has 1 N–H and O–H groups in total. The summed E-state index contributed by atoms with van der Waals surface area (Å²) in [5.74, 6) is 0.756. The van der Waals surface area contributed by atoms with Crippen LogP contribution in [0.5, 0.6) is 11.5 Å². The van der Waals surface area contributed by atoms with Crippen LogP contribution >= 0.6 is 0 Å². The third kappa shape index (κ3) is 2.79. The second-order valence-corrected chi connectivity index (χ2v) is 5.01. The molecule has 0 saturated carbocycles. The number of methoxy groups -OCH3 is 2. The van der Waals surface area contributed by atoms with E-state index in [0.717, 1.165) is 0 Å². The highest BCUT2D eigenvalue weighted by Gasteiger charge is 2.14. The summed E-state index contributed by atoms with van der Waals surface area (Å²) in [6.45, 7) is 0. The van der Waals surface area contributed by atoms with Gasteiger partial charge < -0.3 is 14.8 Å². The normalized spacial score (nSPS) is 10.2. The summed E-state index contributed by atoms with van der Waals surface area (Å²) in [6, 6.07) is 11.5. The fourth-order valence-corrected chi connectivity index (χ4v) is 2.42. The van der Waals surface area contributed by atoms with Crippen molar-refractivity contribution in [1.82, 2.24) is 4.98 Å². The lowest BCUT2D eigenvalue weighted by Gasteiger charge is -2.14. The second-order valence-electron chi connectivity index (χ2n) is 5.01. The number of nitriles is 1. The van der Waals surface area contributed by atoms with E-state index < -0.39 is 0 Å². The highest BCUT2D eigenvalue weighted by molar-refractivity contribution is 5.97. The Morgan fingerprint density at radius 2 is 1.75 bits per heavy atom. The molecule has 0 saturated heterocycles. The number of fused-ring (bicyclic) bond motifs is 1. The van der Waals surface area contributed by atoms with Gasteiger partial charge in [0.2, 0.25) is 0 Å². The van der Waals surface area contributed by atoms with Gasteiger partial charge in [-0.1, -0.05) is 0 Å². The zero-order chi connectivity index (χ0) is 17.1. The monoisotopic (exact) mass is 323 g/mol. The van der Waals surface area contributed by atoms with Gasteiger partial charge in [-0.3, -0.25) is 4.98 Å². The van der Waals surface area contributed by atoms with Crippen LogP contribution in [0.15, 0.2) is 42.6 Å². The smallest absolute Gasteiger partial charge is 0.162 e. The number of hydrogen-bond acceptors (Lipinski definition) is 5. The molecular formula is C18H14FN3O2. The summed E-state index contributed by atoms with van der Waals surface area (Å²) < 4.78 is 23.7. The lowest BCUT2D eigenvalue weighted by molar-refractivity contribution is 0.356. The molecule has 120 valence electrons. The molecule has 0 bridgehead atoms. The summed E-state index contributed by atoms with van der Waals surface area (Å²) in [6.07, 6.45) is 1.49. The first-order valence-corrected chi connectivity index (χ1v) is 7.13. The van der Waals surface area contributed by atoms with E-state index in [-0.39, 0.29) is 5.82 Å². The minimum atomic E-state index is -0.327. The highest BCUT2D eigenvalue weighted by atomic mass is 19.1. The predicted octanol–water partition coefficient (Wildman–Crippen LogP) is 4.01. The van der Waals surface area contributed by atoms with Gasteiger partial charge in [0.15, 0.2) is 11.5 Å². The van der Waals surface area contributed by atoms with E-state index in [4.69, 9.17) is 9.47 Å². The van der Waals surface area contributed by atoms with Crippen LogP contribution in [0.3, 0.4) is 0 Å². The van der Waals surface area contributed by atoms with Crippen LogP contribution < -0.4 is 14.8 Å². The number of aromatic nitrogens is 1. The number of nitrogens with one attached hydrogen (secondary N) is 1. The predicted molar refractivity (Wildman–Crippen MR) is 89.2 cm³/mol. The Bertz CT molecular complexity index is 934. The Balaban J connectivity index is 2.19. The summed E-state index contributed by atoms with van der Waals surface area (Å²) >= 11 is 0. The maximum absolute atomic E-state index is 13.1. The summed E-state index contributed by atoms with van der Waals surface area (Å²) in [4.78, 5) is 4.29. The minimum absolute atomic E-state index is 0.327. The first-order valence-electron chi connectivity index (χ1n) is 7.13. The number of halogens is 1. The molecule has 24 heavy (non-hydrogen) atoms. The Kier molecular flexibility index (Phi) is 4.17. The molecule has 5 nitrogen and oxygen atoms in total. The van der Waals surface area contributed by atoms with E-state index in [1.807, 2.05) is 0 Å². The van der Waals surface area contributed by atoms with Crippen LogP contribution in [0.25, 0.3) is 10.9 Å². The van der Waals surface area contributed by atoms with Crippen LogP contribution in [0, 0.1) is 17.1 Å². The van der Waals surface area contributed by atoms with Gasteiger partial charge >= 0.3 is 0 Å². The van der Waals surface area contributed by atoms with Gasteiger partial charge in [-0.15, -0.1) is 0 Å². The lowest BCUT2D eigenvalue weighted by Crippen LogP contribution is -1.98. The molecule has 0 fully saturated rings.